The molecule has 0 aliphatic rings. The predicted molar refractivity (Wildman–Crippen MR) is 90.9 cm³/mol. The number of carbonyl (C=O) groups excluding carboxylic acids is 1. The molecular formula is C19H15NO4. The summed E-state index contributed by atoms with van der Waals surface area (Å²) in [4.78, 5) is 22.6. The molecule has 0 N–H and O–H groups in total. The molecule has 0 fully saturated rings. The summed E-state index contributed by atoms with van der Waals surface area (Å²) >= 11 is 0. The summed E-state index contributed by atoms with van der Waals surface area (Å²) in [6.07, 6.45) is 0. The van der Waals surface area contributed by atoms with Gasteiger partial charge in [-0.3, -0.25) is 14.9 Å². The van der Waals surface area contributed by atoms with Crippen LogP contribution in [0.2, 0.25) is 0 Å². The van der Waals surface area contributed by atoms with E-state index in [4.69, 9.17) is 4.74 Å². The lowest BCUT2D eigenvalue weighted by molar-refractivity contribution is -0.384. The summed E-state index contributed by atoms with van der Waals surface area (Å²) in [7, 11) is 1.34. The van der Waals surface area contributed by atoms with E-state index >= 15 is 0 Å². The van der Waals surface area contributed by atoms with Gasteiger partial charge in [-0.15, -0.1) is 0 Å². The Morgan fingerprint density at radius 3 is 2.21 bits per heavy atom. The molecule has 5 nitrogen and oxygen atoms in total. The van der Waals surface area contributed by atoms with Gasteiger partial charge in [-0.2, -0.15) is 0 Å². The average molecular weight is 321 g/mol. The van der Waals surface area contributed by atoms with Crippen LogP contribution in [-0.2, 0) is 9.53 Å². The zero-order valence-electron chi connectivity index (χ0n) is 13.0. The van der Waals surface area contributed by atoms with Gasteiger partial charge >= 0.3 is 5.97 Å². The van der Waals surface area contributed by atoms with E-state index < -0.39 is 16.8 Å². The SMILES string of the molecule is COC(=O)C(c1ccc([N+](=O)[O-])cc1)c1ccc2ccccc2c1. The first kappa shape index (κ1) is 15.7. The number of benzene rings is 3. The monoisotopic (exact) mass is 321 g/mol. The standard InChI is InChI=1S/C19H15NO4/c1-24-19(21)18(14-8-10-17(11-9-14)20(22)23)16-7-6-13-4-2-3-5-15(13)12-16/h2-12,18H,1H3. The number of non-ortho nitro benzene ring substituents is 1. The van der Waals surface area contributed by atoms with Gasteiger partial charge in [0.25, 0.3) is 5.69 Å². The van der Waals surface area contributed by atoms with Crippen LogP contribution < -0.4 is 0 Å². The Morgan fingerprint density at radius 2 is 1.58 bits per heavy atom. The number of nitro groups is 1. The molecule has 5 heteroatoms. The van der Waals surface area contributed by atoms with Crippen molar-refractivity contribution in [3.8, 4) is 0 Å². The van der Waals surface area contributed by atoms with Crippen molar-refractivity contribution in [1.82, 2.24) is 0 Å². The number of fused-ring (bicyclic) bond motifs is 1. The molecule has 0 amide bonds. The number of ether oxygens (including phenoxy) is 1. The van der Waals surface area contributed by atoms with E-state index in [0.717, 1.165) is 16.3 Å². The first-order valence-corrected chi connectivity index (χ1v) is 7.41. The topological polar surface area (TPSA) is 69.4 Å². The number of nitro benzene ring substituents is 1. The smallest absolute Gasteiger partial charge is 0.317 e. The van der Waals surface area contributed by atoms with Crippen LogP contribution in [0, 0.1) is 10.1 Å². The largest absolute Gasteiger partial charge is 0.468 e. The number of methoxy groups -OCH3 is 1. The molecule has 0 aliphatic heterocycles. The Bertz CT molecular complexity index is 903. The number of carbonyl (C=O) groups is 1. The Hall–Kier alpha value is -3.21. The zero-order valence-corrected chi connectivity index (χ0v) is 13.0. The lowest BCUT2D eigenvalue weighted by Gasteiger charge is -2.16. The third kappa shape index (κ3) is 2.96. The van der Waals surface area contributed by atoms with Crippen LogP contribution in [0.25, 0.3) is 10.8 Å². The molecule has 0 aliphatic carbocycles. The molecule has 0 radical (unpaired) electrons. The van der Waals surface area contributed by atoms with Crippen molar-refractivity contribution in [1.29, 1.82) is 0 Å². The van der Waals surface area contributed by atoms with E-state index in [9.17, 15) is 14.9 Å². The molecule has 3 aromatic carbocycles. The predicted octanol–water partition coefficient (Wildman–Crippen LogP) is 4.05. The molecule has 0 spiro atoms. The summed E-state index contributed by atoms with van der Waals surface area (Å²) in [6, 6.07) is 19.6. The maximum atomic E-state index is 12.3. The molecule has 3 aromatic rings. The summed E-state index contributed by atoms with van der Waals surface area (Å²) in [5, 5.41) is 12.9. The first-order chi connectivity index (χ1) is 11.6. The van der Waals surface area contributed by atoms with Gasteiger partial charge in [0.15, 0.2) is 0 Å². The lowest BCUT2D eigenvalue weighted by atomic mass is 9.90. The van der Waals surface area contributed by atoms with Crippen molar-refractivity contribution < 1.29 is 14.5 Å². The second-order valence-electron chi connectivity index (χ2n) is 5.41. The fourth-order valence-corrected chi connectivity index (χ4v) is 2.76. The van der Waals surface area contributed by atoms with Crippen LogP contribution in [0.4, 0.5) is 5.69 Å². The molecular weight excluding hydrogens is 306 g/mol. The minimum atomic E-state index is -0.625. The zero-order chi connectivity index (χ0) is 17.1. The van der Waals surface area contributed by atoms with Crippen molar-refractivity contribution in [2.75, 3.05) is 7.11 Å². The molecule has 0 aromatic heterocycles. The second-order valence-corrected chi connectivity index (χ2v) is 5.41. The van der Waals surface area contributed by atoms with Crippen LogP contribution >= 0.6 is 0 Å². The van der Waals surface area contributed by atoms with Gasteiger partial charge in [-0.25, -0.2) is 0 Å². The highest BCUT2D eigenvalue weighted by atomic mass is 16.6. The van der Waals surface area contributed by atoms with E-state index in [1.165, 1.54) is 19.2 Å². The highest BCUT2D eigenvalue weighted by molar-refractivity contribution is 5.87. The van der Waals surface area contributed by atoms with Crippen molar-refractivity contribution >= 4 is 22.4 Å². The molecule has 120 valence electrons. The maximum Gasteiger partial charge on any atom is 0.317 e. The maximum absolute atomic E-state index is 12.3. The summed E-state index contributed by atoms with van der Waals surface area (Å²) < 4.78 is 4.94. The van der Waals surface area contributed by atoms with Crippen molar-refractivity contribution in [2.45, 2.75) is 5.92 Å². The number of hydrogen-bond donors (Lipinski definition) is 0. The van der Waals surface area contributed by atoms with Crippen LogP contribution in [0.15, 0.2) is 66.7 Å². The fraction of sp³-hybridized carbons (Fsp3) is 0.105. The van der Waals surface area contributed by atoms with Gasteiger partial charge in [0, 0.05) is 12.1 Å². The number of nitrogens with zero attached hydrogens (tertiary/aromatic N) is 1. The number of hydrogen-bond acceptors (Lipinski definition) is 4. The van der Waals surface area contributed by atoms with Crippen molar-refractivity contribution in [3.05, 3.63) is 88.0 Å². The van der Waals surface area contributed by atoms with Crippen molar-refractivity contribution in [3.63, 3.8) is 0 Å². The first-order valence-electron chi connectivity index (χ1n) is 7.41. The Kier molecular flexibility index (Phi) is 4.24. The normalized spacial score (nSPS) is 11.9. The third-order valence-corrected chi connectivity index (χ3v) is 3.98. The molecule has 0 heterocycles. The molecule has 0 saturated carbocycles. The van der Waals surface area contributed by atoms with Gasteiger partial charge < -0.3 is 4.74 Å². The minimum Gasteiger partial charge on any atom is -0.468 e. The quantitative estimate of drug-likeness (QED) is 0.413. The van der Waals surface area contributed by atoms with Crippen LogP contribution in [0.3, 0.4) is 0 Å². The molecule has 0 bridgehead atoms. The van der Waals surface area contributed by atoms with Crippen LogP contribution in [0.5, 0.6) is 0 Å². The second kappa shape index (κ2) is 6.50. The van der Waals surface area contributed by atoms with Crippen LogP contribution in [0.1, 0.15) is 17.0 Å². The molecule has 1 atom stereocenters. The van der Waals surface area contributed by atoms with E-state index in [2.05, 4.69) is 0 Å². The molecule has 0 saturated heterocycles. The molecule has 3 rings (SSSR count). The fourth-order valence-electron chi connectivity index (χ4n) is 2.76. The Morgan fingerprint density at radius 1 is 0.958 bits per heavy atom. The minimum absolute atomic E-state index is 0.0131. The summed E-state index contributed by atoms with van der Waals surface area (Å²) in [5.41, 5.74) is 1.43. The van der Waals surface area contributed by atoms with E-state index in [1.54, 1.807) is 12.1 Å². The molecule has 1 unspecified atom stereocenters. The van der Waals surface area contributed by atoms with E-state index in [1.807, 2.05) is 42.5 Å². The highest BCUT2D eigenvalue weighted by Gasteiger charge is 2.24. The summed E-state index contributed by atoms with van der Waals surface area (Å²) in [5.74, 6) is -1.03. The van der Waals surface area contributed by atoms with Gasteiger partial charge in [-0.1, -0.05) is 48.5 Å². The number of rotatable bonds is 4. The Balaban J connectivity index is 2.07. The average Bonchev–Trinajstić information content (AvgIpc) is 2.62. The third-order valence-electron chi connectivity index (χ3n) is 3.98. The highest BCUT2D eigenvalue weighted by Crippen LogP contribution is 2.29. The lowest BCUT2D eigenvalue weighted by Crippen LogP contribution is -2.15. The number of esters is 1. The molecule has 24 heavy (non-hydrogen) atoms. The summed E-state index contributed by atoms with van der Waals surface area (Å²) in [6.45, 7) is 0. The van der Waals surface area contributed by atoms with Crippen molar-refractivity contribution in [2.24, 2.45) is 0 Å². The van der Waals surface area contributed by atoms with Gasteiger partial charge in [0.2, 0.25) is 0 Å². The Labute approximate surface area is 138 Å². The van der Waals surface area contributed by atoms with E-state index in [0.29, 0.717) is 5.56 Å². The van der Waals surface area contributed by atoms with E-state index in [-0.39, 0.29) is 5.69 Å². The van der Waals surface area contributed by atoms with Gasteiger partial charge in [-0.05, 0) is 28.0 Å². The van der Waals surface area contributed by atoms with Gasteiger partial charge in [0.05, 0.1) is 12.0 Å². The van der Waals surface area contributed by atoms with Crippen LogP contribution in [-0.4, -0.2) is 18.0 Å². The van der Waals surface area contributed by atoms with Gasteiger partial charge in [0.1, 0.15) is 5.92 Å².